The number of amides is 1. The summed E-state index contributed by atoms with van der Waals surface area (Å²) in [5.41, 5.74) is 3.29. The number of aryl methyl sites for hydroxylation is 1. The first-order valence-corrected chi connectivity index (χ1v) is 13.0. The molecule has 1 heterocycles. The van der Waals surface area contributed by atoms with Crippen LogP contribution in [0.1, 0.15) is 48.1 Å². The molecule has 2 aliphatic rings. The summed E-state index contributed by atoms with van der Waals surface area (Å²) >= 11 is 0. The largest absolute Gasteiger partial charge is 0.481 e. The van der Waals surface area contributed by atoms with Crippen molar-refractivity contribution in [2.45, 2.75) is 57.2 Å². The maximum Gasteiger partial charge on any atom is 0.416 e. The lowest BCUT2D eigenvalue weighted by Crippen LogP contribution is -2.43. The fraction of sp³-hybridized carbons (Fsp3) is 0.333. The first kappa shape index (κ1) is 26.6. The van der Waals surface area contributed by atoms with Gasteiger partial charge in [0.25, 0.3) is 0 Å². The van der Waals surface area contributed by atoms with Gasteiger partial charge >= 0.3 is 12.1 Å². The fourth-order valence-electron chi connectivity index (χ4n) is 5.21. The van der Waals surface area contributed by atoms with Crippen LogP contribution < -0.4 is 16.0 Å². The summed E-state index contributed by atoms with van der Waals surface area (Å²) in [6, 6.07) is 13.0. The Morgan fingerprint density at radius 2 is 1.64 bits per heavy atom. The maximum absolute atomic E-state index is 13.1. The monoisotopic (exact) mass is 535 g/mol. The molecule has 0 fully saturated rings. The van der Waals surface area contributed by atoms with Crippen molar-refractivity contribution in [3.05, 3.63) is 81.6 Å². The zero-order valence-electron chi connectivity index (χ0n) is 21.2. The van der Waals surface area contributed by atoms with Gasteiger partial charge in [-0.1, -0.05) is 42.5 Å². The number of unbranched alkanes of at least 4 members (excludes halogenated alkanes) is 1. The standard InChI is InChI=1S/C30H28F3N3O3/c31-30(32,33)22-12-9-18(10-13-22)28-25(7-3-4-8-27(37)38)35-26-17-21(11-14-24(26)36-28)29(39)34-23-15-19-5-1-2-6-20(19)16-23/h1-2,5-6,9-10,12-14,17,21,23H,3-4,7-8,11,15-16H2,(H,34,39)(H,37,38). The fourth-order valence-corrected chi connectivity index (χ4v) is 5.21. The summed E-state index contributed by atoms with van der Waals surface area (Å²) in [7, 11) is 0. The summed E-state index contributed by atoms with van der Waals surface area (Å²) in [6.45, 7) is 0. The predicted octanol–water partition coefficient (Wildman–Crippen LogP) is 3.82. The molecule has 39 heavy (non-hydrogen) atoms. The van der Waals surface area contributed by atoms with Crippen LogP contribution in [-0.2, 0) is 35.0 Å². The summed E-state index contributed by atoms with van der Waals surface area (Å²) in [5, 5.41) is 13.3. The summed E-state index contributed by atoms with van der Waals surface area (Å²) in [6.07, 6.45) is 2.63. The first-order valence-electron chi connectivity index (χ1n) is 13.0. The number of hydrogen-bond acceptors (Lipinski definition) is 4. The van der Waals surface area contributed by atoms with Crippen molar-refractivity contribution in [2.24, 2.45) is 5.92 Å². The molecular weight excluding hydrogens is 507 g/mol. The van der Waals surface area contributed by atoms with Gasteiger partial charge in [0, 0.05) is 18.0 Å². The number of carbonyl (C=O) groups excluding carboxylic acids is 1. The Kier molecular flexibility index (Phi) is 7.50. The number of fused-ring (bicyclic) bond motifs is 2. The second-order valence-electron chi connectivity index (χ2n) is 10.1. The van der Waals surface area contributed by atoms with Gasteiger partial charge in [-0.05, 0) is 67.9 Å². The number of nitrogens with one attached hydrogen (secondary N) is 1. The van der Waals surface area contributed by atoms with Crippen LogP contribution in [0.2, 0.25) is 0 Å². The number of halogens is 3. The Morgan fingerprint density at radius 3 is 2.28 bits per heavy atom. The molecule has 202 valence electrons. The molecule has 9 heteroatoms. The number of aromatic nitrogens is 2. The van der Waals surface area contributed by atoms with Gasteiger partial charge in [0.05, 0.1) is 33.6 Å². The van der Waals surface area contributed by atoms with E-state index in [1.54, 1.807) is 6.08 Å². The molecule has 0 bridgehead atoms. The average molecular weight is 536 g/mol. The zero-order chi connectivity index (χ0) is 27.6. The molecule has 0 aliphatic heterocycles. The number of nitrogens with zero attached hydrogens (tertiary/aromatic N) is 2. The predicted molar refractivity (Wildman–Crippen MR) is 140 cm³/mol. The number of carboxylic acids is 1. The highest BCUT2D eigenvalue weighted by Crippen LogP contribution is 2.31. The van der Waals surface area contributed by atoms with Crippen molar-refractivity contribution in [2.75, 3.05) is 0 Å². The number of carboxylic acid groups (broad SMARTS) is 1. The molecule has 1 unspecified atom stereocenters. The third-order valence-corrected chi connectivity index (χ3v) is 7.22. The lowest BCUT2D eigenvalue weighted by atomic mass is 9.98. The number of aliphatic carboxylic acids is 1. The Hall–Kier alpha value is -4.01. The van der Waals surface area contributed by atoms with Crippen LogP contribution in [0.4, 0.5) is 13.2 Å². The minimum absolute atomic E-state index is 0.0150. The quantitative estimate of drug-likeness (QED) is 0.428. The van der Waals surface area contributed by atoms with E-state index < -0.39 is 23.6 Å². The second kappa shape index (κ2) is 11.0. The van der Waals surface area contributed by atoms with E-state index in [-0.39, 0.29) is 18.4 Å². The van der Waals surface area contributed by atoms with Gasteiger partial charge < -0.3 is 10.4 Å². The van der Waals surface area contributed by atoms with Gasteiger partial charge in [-0.2, -0.15) is 13.2 Å². The molecular formula is C30H28F3N3O3. The molecule has 1 aromatic heterocycles. The Bertz CT molecular complexity index is 1490. The van der Waals surface area contributed by atoms with E-state index in [9.17, 15) is 22.8 Å². The highest BCUT2D eigenvalue weighted by atomic mass is 19.4. The van der Waals surface area contributed by atoms with Gasteiger partial charge in [0.2, 0.25) is 5.91 Å². The molecule has 5 rings (SSSR count). The summed E-state index contributed by atoms with van der Waals surface area (Å²) in [5.74, 6) is -1.38. The van der Waals surface area contributed by atoms with E-state index in [0.29, 0.717) is 53.3 Å². The van der Waals surface area contributed by atoms with Crippen molar-refractivity contribution in [1.29, 1.82) is 0 Å². The van der Waals surface area contributed by atoms with Crippen LogP contribution in [0.3, 0.4) is 0 Å². The van der Waals surface area contributed by atoms with Crippen molar-refractivity contribution >= 4 is 24.0 Å². The van der Waals surface area contributed by atoms with Gasteiger partial charge in [0.1, 0.15) is 0 Å². The molecule has 3 aromatic rings. The van der Waals surface area contributed by atoms with Crippen molar-refractivity contribution in [3.63, 3.8) is 0 Å². The summed E-state index contributed by atoms with van der Waals surface area (Å²) < 4.78 is 39.2. The van der Waals surface area contributed by atoms with Gasteiger partial charge in [0.15, 0.2) is 0 Å². The van der Waals surface area contributed by atoms with Crippen LogP contribution in [0.15, 0.2) is 48.5 Å². The van der Waals surface area contributed by atoms with E-state index in [4.69, 9.17) is 15.1 Å². The number of hydrogen-bond donors (Lipinski definition) is 2. The van der Waals surface area contributed by atoms with Crippen molar-refractivity contribution in [1.82, 2.24) is 15.3 Å². The third kappa shape index (κ3) is 6.19. The van der Waals surface area contributed by atoms with Crippen molar-refractivity contribution < 1.29 is 27.9 Å². The first-order chi connectivity index (χ1) is 18.7. The van der Waals surface area contributed by atoms with Gasteiger partial charge in [-0.25, -0.2) is 9.97 Å². The smallest absolute Gasteiger partial charge is 0.416 e. The SMILES string of the molecule is O=C(O)CCCCc1nc2c(nc1-c1ccc(C(F)(F)F)cc1)=CCC(C(=O)NC1Cc3ccccc3C1)C=2. The minimum atomic E-state index is -4.45. The van der Waals surface area contributed by atoms with Crippen LogP contribution in [0.5, 0.6) is 0 Å². The number of carbonyl (C=O) groups is 2. The molecule has 1 atom stereocenters. The minimum Gasteiger partial charge on any atom is -0.481 e. The molecule has 2 aromatic carbocycles. The topological polar surface area (TPSA) is 92.2 Å². The highest BCUT2D eigenvalue weighted by Gasteiger charge is 2.30. The van der Waals surface area contributed by atoms with E-state index >= 15 is 0 Å². The second-order valence-corrected chi connectivity index (χ2v) is 10.1. The molecule has 0 spiro atoms. The molecule has 2 N–H and O–H groups in total. The van der Waals surface area contributed by atoms with Crippen LogP contribution in [-0.4, -0.2) is 33.0 Å². The number of rotatable bonds is 8. The highest BCUT2D eigenvalue weighted by molar-refractivity contribution is 5.85. The maximum atomic E-state index is 13.1. The molecule has 0 saturated carbocycles. The van der Waals surface area contributed by atoms with Gasteiger partial charge in [-0.15, -0.1) is 0 Å². The normalized spacial score (nSPS) is 16.5. The van der Waals surface area contributed by atoms with Crippen LogP contribution in [0, 0.1) is 5.92 Å². The number of benzene rings is 2. The Morgan fingerprint density at radius 1 is 0.949 bits per heavy atom. The van der Waals surface area contributed by atoms with E-state index in [1.807, 2.05) is 18.2 Å². The van der Waals surface area contributed by atoms with Gasteiger partial charge in [-0.3, -0.25) is 9.59 Å². The van der Waals surface area contributed by atoms with Crippen molar-refractivity contribution in [3.8, 4) is 11.3 Å². The van der Waals surface area contributed by atoms with Crippen LogP contribution in [0.25, 0.3) is 23.4 Å². The lowest BCUT2D eigenvalue weighted by molar-refractivity contribution is -0.138. The summed E-state index contributed by atoms with van der Waals surface area (Å²) in [4.78, 5) is 33.6. The molecule has 0 radical (unpaired) electrons. The molecule has 1 amide bonds. The third-order valence-electron chi connectivity index (χ3n) is 7.22. The number of alkyl halides is 3. The Balaban J connectivity index is 1.39. The molecule has 2 aliphatic carbocycles. The molecule has 6 nitrogen and oxygen atoms in total. The lowest BCUT2D eigenvalue weighted by Gasteiger charge is -2.18. The zero-order valence-corrected chi connectivity index (χ0v) is 21.2. The molecule has 0 saturated heterocycles. The van der Waals surface area contributed by atoms with E-state index in [2.05, 4.69) is 17.4 Å². The van der Waals surface area contributed by atoms with E-state index in [1.165, 1.54) is 23.3 Å². The van der Waals surface area contributed by atoms with E-state index in [0.717, 1.165) is 25.0 Å². The average Bonchev–Trinajstić information content (AvgIpc) is 3.32. The van der Waals surface area contributed by atoms with Crippen LogP contribution >= 0.6 is 0 Å². The Labute approximate surface area is 223 Å².